The van der Waals surface area contributed by atoms with Crippen molar-refractivity contribution in [2.75, 3.05) is 18.4 Å². The summed E-state index contributed by atoms with van der Waals surface area (Å²) in [6.07, 6.45) is 0. The zero-order valence-electron chi connectivity index (χ0n) is 11.1. The first-order chi connectivity index (χ1) is 9.15. The van der Waals surface area contributed by atoms with Gasteiger partial charge in [-0.25, -0.2) is 4.98 Å². The van der Waals surface area contributed by atoms with Crippen molar-refractivity contribution in [2.45, 2.75) is 13.8 Å². The molecular formula is C14H17N3OS. The number of nitrogens with zero attached hydrogens (tertiary/aromatic N) is 1. The van der Waals surface area contributed by atoms with Gasteiger partial charge in [0.15, 0.2) is 5.13 Å². The molecule has 4 nitrogen and oxygen atoms in total. The summed E-state index contributed by atoms with van der Waals surface area (Å²) in [6, 6.07) is 6.09. The molecule has 0 aliphatic carbocycles. The number of hydrogen-bond donors (Lipinski definition) is 2. The average molecular weight is 275 g/mol. The van der Waals surface area contributed by atoms with E-state index in [1.807, 2.05) is 32.0 Å². The molecule has 100 valence electrons. The first-order valence-electron chi connectivity index (χ1n) is 6.53. The number of carbonyl (C=O) groups excluding carboxylic acids is 1. The van der Waals surface area contributed by atoms with Gasteiger partial charge in [0.05, 0.1) is 10.2 Å². The van der Waals surface area contributed by atoms with E-state index in [9.17, 15) is 4.79 Å². The fourth-order valence-electron chi connectivity index (χ4n) is 2.24. The maximum Gasteiger partial charge on any atom is 0.229 e. The molecule has 1 amide bonds. The molecule has 1 atom stereocenters. The summed E-state index contributed by atoms with van der Waals surface area (Å²) >= 11 is 1.54. The van der Waals surface area contributed by atoms with Crippen LogP contribution in [0.3, 0.4) is 0 Å². The summed E-state index contributed by atoms with van der Waals surface area (Å²) in [4.78, 5) is 16.6. The Hall–Kier alpha value is -1.46. The molecule has 0 bridgehead atoms. The molecule has 1 aliphatic heterocycles. The zero-order chi connectivity index (χ0) is 13.4. The fourth-order valence-corrected chi connectivity index (χ4v) is 3.18. The van der Waals surface area contributed by atoms with Gasteiger partial charge in [0.2, 0.25) is 5.91 Å². The minimum atomic E-state index is 0.0364. The van der Waals surface area contributed by atoms with Gasteiger partial charge in [-0.2, -0.15) is 0 Å². The maximum absolute atomic E-state index is 12.1. The number of para-hydroxylation sites is 1. The van der Waals surface area contributed by atoms with Crippen LogP contribution in [0, 0.1) is 18.8 Å². The van der Waals surface area contributed by atoms with Gasteiger partial charge in [-0.15, -0.1) is 0 Å². The van der Waals surface area contributed by atoms with Gasteiger partial charge >= 0.3 is 0 Å². The summed E-state index contributed by atoms with van der Waals surface area (Å²) in [5.41, 5.74) is 2.13. The first-order valence-corrected chi connectivity index (χ1v) is 7.34. The molecule has 2 N–H and O–H groups in total. The lowest BCUT2D eigenvalue weighted by Gasteiger charge is -2.31. The molecule has 0 radical (unpaired) electrons. The van der Waals surface area contributed by atoms with E-state index >= 15 is 0 Å². The molecule has 1 unspecified atom stereocenters. The molecule has 1 aromatic carbocycles. The highest BCUT2D eigenvalue weighted by Crippen LogP contribution is 2.28. The largest absolute Gasteiger partial charge is 0.316 e. The molecule has 2 heterocycles. The van der Waals surface area contributed by atoms with E-state index < -0.39 is 0 Å². The minimum absolute atomic E-state index is 0.0364. The topological polar surface area (TPSA) is 54.0 Å². The van der Waals surface area contributed by atoms with E-state index in [4.69, 9.17) is 0 Å². The maximum atomic E-state index is 12.1. The predicted molar refractivity (Wildman–Crippen MR) is 78.5 cm³/mol. The lowest BCUT2D eigenvalue weighted by molar-refractivity contribution is -0.121. The van der Waals surface area contributed by atoms with Crippen LogP contribution in [0.25, 0.3) is 10.2 Å². The van der Waals surface area contributed by atoms with Crippen LogP contribution in [0.1, 0.15) is 12.5 Å². The van der Waals surface area contributed by atoms with Crippen LogP contribution in [-0.2, 0) is 4.79 Å². The number of hydrogen-bond acceptors (Lipinski definition) is 4. The molecule has 3 rings (SSSR count). The van der Waals surface area contributed by atoms with Crippen LogP contribution in [0.15, 0.2) is 18.2 Å². The Balaban J connectivity index is 1.77. The fraction of sp³-hybridized carbons (Fsp3) is 0.429. The highest BCUT2D eigenvalue weighted by atomic mass is 32.1. The second-order valence-electron chi connectivity index (χ2n) is 5.14. The molecule has 0 saturated carbocycles. The van der Waals surface area contributed by atoms with Gasteiger partial charge in [-0.1, -0.05) is 30.4 Å². The van der Waals surface area contributed by atoms with Crippen molar-refractivity contribution in [1.29, 1.82) is 0 Å². The second kappa shape index (κ2) is 4.90. The average Bonchev–Trinajstić information content (AvgIpc) is 2.70. The Morgan fingerprint density at radius 1 is 1.53 bits per heavy atom. The van der Waals surface area contributed by atoms with Gasteiger partial charge in [0.1, 0.15) is 0 Å². The number of thiazole rings is 1. The number of rotatable bonds is 3. The lowest BCUT2D eigenvalue weighted by Crippen LogP contribution is -2.48. The smallest absolute Gasteiger partial charge is 0.229 e. The Bertz CT molecular complexity index is 618. The van der Waals surface area contributed by atoms with E-state index in [0.717, 1.165) is 28.9 Å². The molecule has 2 aromatic rings. The van der Waals surface area contributed by atoms with Gasteiger partial charge in [-0.05, 0) is 37.6 Å². The summed E-state index contributed by atoms with van der Waals surface area (Å²) in [5, 5.41) is 6.85. The summed E-state index contributed by atoms with van der Waals surface area (Å²) in [6.45, 7) is 5.90. The van der Waals surface area contributed by atoms with E-state index in [-0.39, 0.29) is 11.8 Å². The Morgan fingerprint density at radius 2 is 2.32 bits per heavy atom. The highest BCUT2D eigenvalue weighted by Gasteiger charge is 2.29. The number of aryl methyl sites for hydroxylation is 1. The van der Waals surface area contributed by atoms with Crippen molar-refractivity contribution >= 4 is 32.6 Å². The number of aromatic nitrogens is 1. The van der Waals surface area contributed by atoms with Gasteiger partial charge in [0, 0.05) is 5.92 Å². The van der Waals surface area contributed by atoms with E-state index in [1.54, 1.807) is 0 Å². The Labute approximate surface area is 116 Å². The molecule has 5 heteroatoms. The predicted octanol–water partition coefficient (Wildman–Crippen LogP) is 2.40. The van der Waals surface area contributed by atoms with E-state index in [2.05, 4.69) is 15.6 Å². The van der Waals surface area contributed by atoms with E-state index in [1.165, 1.54) is 11.3 Å². The minimum Gasteiger partial charge on any atom is -0.316 e. The van der Waals surface area contributed by atoms with Crippen molar-refractivity contribution in [3.63, 3.8) is 0 Å². The molecule has 0 spiro atoms. The number of anilines is 1. The molecule has 1 aliphatic rings. The number of amides is 1. The van der Waals surface area contributed by atoms with Crippen molar-refractivity contribution in [3.05, 3.63) is 23.8 Å². The molecule has 1 saturated heterocycles. The highest BCUT2D eigenvalue weighted by molar-refractivity contribution is 7.22. The third-order valence-electron chi connectivity index (χ3n) is 3.78. The number of carbonyl (C=O) groups is 1. The standard InChI is InChI=1S/C14H17N3OS/c1-8-4-3-5-11-12(8)16-14(19-11)17-13(18)9(2)10-6-15-7-10/h3-5,9-10,15H,6-7H2,1-2H3,(H,16,17,18). The van der Waals surface area contributed by atoms with Crippen LogP contribution >= 0.6 is 11.3 Å². The van der Waals surface area contributed by atoms with E-state index in [0.29, 0.717) is 11.0 Å². The summed E-state index contributed by atoms with van der Waals surface area (Å²) < 4.78 is 1.12. The third-order valence-corrected chi connectivity index (χ3v) is 4.72. The van der Waals surface area contributed by atoms with Crippen molar-refractivity contribution in [2.24, 2.45) is 11.8 Å². The van der Waals surface area contributed by atoms with Crippen molar-refractivity contribution in [1.82, 2.24) is 10.3 Å². The molecule has 19 heavy (non-hydrogen) atoms. The summed E-state index contributed by atoms with van der Waals surface area (Å²) in [7, 11) is 0. The van der Waals surface area contributed by atoms with Crippen LogP contribution in [-0.4, -0.2) is 24.0 Å². The second-order valence-corrected chi connectivity index (χ2v) is 6.17. The molecular weight excluding hydrogens is 258 g/mol. The molecule has 1 aromatic heterocycles. The van der Waals surface area contributed by atoms with Crippen LogP contribution in [0.4, 0.5) is 5.13 Å². The van der Waals surface area contributed by atoms with Crippen molar-refractivity contribution < 1.29 is 4.79 Å². The number of fused-ring (bicyclic) bond motifs is 1. The third kappa shape index (κ3) is 2.35. The Morgan fingerprint density at radius 3 is 2.95 bits per heavy atom. The molecule has 1 fully saturated rings. The first kappa shape index (κ1) is 12.6. The van der Waals surface area contributed by atoms with Crippen molar-refractivity contribution in [3.8, 4) is 0 Å². The van der Waals surface area contributed by atoms with Crippen LogP contribution in [0.2, 0.25) is 0 Å². The number of nitrogens with one attached hydrogen (secondary N) is 2. The quantitative estimate of drug-likeness (QED) is 0.904. The number of benzene rings is 1. The monoisotopic (exact) mass is 275 g/mol. The van der Waals surface area contributed by atoms with Gasteiger partial charge in [-0.3, -0.25) is 4.79 Å². The lowest BCUT2D eigenvalue weighted by atomic mass is 9.88. The normalized spacial score (nSPS) is 17.2. The summed E-state index contributed by atoms with van der Waals surface area (Å²) in [5.74, 6) is 0.564. The van der Waals surface area contributed by atoms with Gasteiger partial charge in [0.25, 0.3) is 0 Å². The zero-order valence-corrected chi connectivity index (χ0v) is 11.9. The van der Waals surface area contributed by atoms with Gasteiger partial charge < -0.3 is 10.6 Å². The Kier molecular flexibility index (Phi) is 3.24. The van der Waals surface area contributed by atoms with Crippen LogP contribution < -0.4 is 10.6 Å². The SMILES string of the molecule is Cc1cccc2sc(NC(=O)C(C)C3CNC3)nc12. The van der Waals surface area contributed by atoms with Crippen LogP contribution in [0.5, 0.6) is 0 Å².